The molecule has 1 aromatic carbocycles. The summed E-state index contributed by atoms with van der Waals surface area (Å²) in [5.41, 5.74) is 5.28. The highest BCUT2D eigenvalue weighted by molar-refractivity contribution is 7.46. The van der Waals surface area contributed by atoms with Gasteiger partial charge < -0.3 is 25.0 Å². The number of ether oxygens (including phenoxy) is 2. The van der Waals surface area contributed by atoms with Crippen LogP contribution in [-0.2, 0) is 18.8 Å². The number of nitrogens with one attached hydrogen (secondary N) is 1. The van der Waals surface area contributed by atoms with Gasteiger partial charge in [0.15, 0.2) is 0 Å². The summed E-state index contributed by atoms with van der Waals surface area (Å²) < 4.78 is 39.3. The molecule has 0 spiro atoms. The molecule has 0 aliphatic rings. The highest BCUT2D eigenvalue weighted by Gasteiger charge is 2.20. The number of nitrogens with two attached hydrogens (primary N) is 1. The maximum absolute atomic E-state index is 14.0. The third kappa shape index (κ3) is 9.49. The molecule has 9 nitrogen and oxygen atoms in total. The molecule has 1 rings (SSSR count). The van der Waals surface area contributed by atoms with Crippen molar-refractivity contribution in [3.8, 4) is 5.75 Å². The van der Waals surface area contributed by atoms with Crippen LogP contribution in [0.4, 0.5) is 4.39 Å². The molecule has 0 bridgehead atoms. The van der Waals surface area contributed by atoms with Crippen LogP contribution < -0.4 is 15.6 Å². The molecule has 0 saturated heterocycles. The van der Waals surface area contributed by atoms with Gasteiger partial charge >= 0.3 is 7.82 Å². The second-order valence-corrected chi connectivity index (χ2v) is 5.98. The number of hydrogen-bond donors (Lipinski definition) is 4. The second kappa shape index (κ2) is 11.1. The molecule has 0 fully saturated rings. The first kappa shape index (κ1) is 21.5. The Morgan fingerprint density at radius 1 is 1.16 bits per heavy atom. The molecule has 11 heteroatoms. The third-order valence-electron chi connectivity index (χ3n) is 2.81. The van der Waals surface area contributed by atoms with Gasteiger partial charge in [0.1, 0.15) is 5.75 Å². The fourth-order valence-electron chi connectivity index (χ4n) is 1.73. The Hall–Kier alpha value is -1.55. The van der Waals surface area contributed by atoms with Crippen LogP contribution in [0.25, 0.3) is 0 Å². The minimum Gasteiger partial charge on any atom is -0.404 e. The Labute approximate surface area is 144 Å². The third-order valence-corrected chi connectivity index (χ3v) is 3.26. The van der Waals surface area contributed by atoms with E-state index in [2.05, 4.69) is 9.84 Å². The average Bonchev–Trinajstić information content (AvgIpc) is 2.55. The molecule has 1 unspecified atom stereocenters. The lowest BCUT2D eigenvalue weighted by Gasteiger charge is -2.11. The summed E-state index contributed by atoms with van der Waals surface area (Å²) in [6.45, 7) is 1.95. The molecule has 0 radical (unpaired) electrons. The first-order valence-electron chi connectivity index (χ1n) is 7.46. The van der Waals surface area contributed by atoms with E-state index in [0.29, 0.717) is 26.4 Å². The Morgan fingerprint density at radius 3 is 2.32 bits per heavy atom. The molecule has 5 N–H and O–H groups in total. The number of phosphoric acid groups is 1. The van der Waals surface area contributed by atoms with Crippen molar-refractivity contribution < 1.29 is 37.5 Å². The van der Waals surface area contributed by atoms with Crippen LogP contribution in [-0.4, -0.2) is 55.2 Å². The van der Waals surface area contributed by atoms with E-state index in [4.69, 9.17) is 25.0 Å². The number of carbonyl (C=O) groups excluding carboxylic acids is 1. The summed E-state index contributed by atoms with van der Waals surface area (Å²) in [4.78, 5) is 29.0. The predicted molar refractivity (Wildman–Crippen MR) is 86.7 cm³/mol. The number of rotatable bonds is 12. The molecule has 0 heterocycles. The summed E-state index contributed by atoms with van der Waals surface area (Å²) in [5, 5.41) is 2.38. The zero-order chi connectivity index (χ0) is 18.7. The van der Waals surface area contributed by atoms with Crippen molar-refractivity contribution >= 4 is 13.7 Å². The Bertz CT molecular complexity index is 567. The quantitative estimate of drug-likeness (QED) is 0.299. The summed E-state index contributed by atoms with van der Waals surface area (Å²) in [7, 11) is -4.68. The summed E-state index contributed by atoms with van der Waals surface area (Å²) in [6.07, 6.45) is -1.92. The average molecular weight is 380 g/mol. The lowest BCUT2D eigenvalue weighted by Crippen LogP contribution is -2.30. The van der Waals surface area contributed by atoms with Crippen molar-refractivity contribution in [2.24, 2.45) is 5.73 Å². The second-order valence-electron chi connectivity index (χ2n) is 4.82. The van der Waals surface area contributed by atoms with Gasteiger partial charge in [0.05, 0.1) is 26.4 Å². The van der Waals surface area contributed by atoms with Gasteiger partial charge in [0.2, 0.25) is 6.17 Å². The normalized spacial score (nSPS) is 12.6. The van der Waals surface area contributed by atoms with Crippen molar-refractivity contribution in [1.82, 2.24) is 5.32 Å². The number of hydrogen-bond acceptors (Lipinski definition) is 6. The fraction of sp³-hybridized carbons (Fsp3) is 0.500. The number of phosphoric ester groups is 1. The van der Waals surface area contributed by atoms with Crippen LogP contribution in [0.3, 0.4) is 0 Å². The van der Waals surface area contributed by atoms with Crippen LogP contribution >= 0.6 is 7.82 Å². The number of amides is 1. The summed E-state index contributed by atoms with van der Waals surface area (Å²) in [6, 6.07) is 4.75. The lowest BCUT2D eigenvalue weighted by molar-refractivity contribution is -0.126. The Morgan fingerprint density at radius 2 is 1.76 bits per heavy atom. The topological polar surface area (TPSA) is 140 Å². The minimum atomic E-state index is -4.68. The molecule has 1 atom stereocenters. The van der Waals surface area contributed by atoms with Crippen LogP contribution in [0.2, 0.25) is 0 Å². The largest absolute Gasteiger partial charge is 0.524 e. The molecule has 25 heavy (non-hydrogen) atoms. The summed E-state index contributed by atoms with van der Waals surface area (Å²) >= 11 is 0. The molecule has 0 aromatic heterocycles. The molecule has 0 aliphatic carbocycles. The zero-order valence-corrected chi connectivity index (χ0v) is 14.4. The van der Waals surface area contributed by atoms with Crippen molar-refractivity contribution in [3.05, 3.63) is 29.8 Å². The minimum absolute atomic E-state index is 0.0339. The van der Waals surface area contributed by atoms with Gasteiger partial charge in [-0.3, -0.25) is 14.6 Å². The number of benzene rings is 1. The van der Waals surface area contributed by atoms with E-state index in [0.717, 1.165) is 0 Å². The van der Waals surface area contributed by atoms with Crippen LogP contribution in [0.1, 0.15) is 11.7 Å². The first-order valence-corrected chi connectivity index (χ1v) is 8.99. The van der Waals surface area contributed by atoms with Crippen molar-refractivity contribution in [3.63, 3.8) is 0 Å². The van der Waals surface area contributed by atoms with Crippen LogP contribution in [0.5, 0.6) is 5.75 Å². The standard InChI is InChI=1S/C14H22FN2O7P/c15-13(11-1-3-12(4-2-11)24-25(19,20)21)14(18)17-6-8-23-10-9-22-7-5-16/h1-4,13H,5-10,16H2,(H,17,18)(H2,19,20,21). The number of halogens is 1. The molecule has 1 aromatic rings. The van der Waals surface area contributed by atoms with Gasteiger partial charge in [-0.15, -0.1) is 0 Å². The van der Waals surface area contributed by atoms with Crippen molar-refractivity contribution in [2.45, 2.75) is 6.17 Å². The molecule has 142 valence electrons. The molecule has 0 saturated carbocycles. The first-order chi connectivity index (χ1) is 11.8. The van der Waals surface area contributed by atoms with E-state index in [1.165, 1.54) is 24.3 Å². The predicted octanol–water partition coefficient (Wildman–Crippen LogP) is 0.277. The van der Waals surface area contributed by atoms with Crippen LogP contribution in [0.15, 0.2) is 24.3 Å². The zero-order valence-electron chi connectivity index (χ0n) is 13.5. The molecule has 0 aliphatic heterocycles. The van der Waals surface area contributed by atoms with Gasteiger partial charge in [0.25, 0.3) is 5.91 Å². The Kier molecular flexibility index (Phi) is 9.58. The highest BCUT2D eigenvalue weighted by Crippen LogP contribution is 2.37. The monoisotopic (exact) mass is 380 g/mol. The lowest BCUT2D eigenvalue weighted by atomic mass is 10.1. The molecular formula is C14H22FN2O7P. The maximum atomic E-state index is 14.0. The van der Waals surface area contributed by atoms with E-state index in [1.807, 2.05) is 0 Å². The van der Waals surface area contributed by atoms with E-state index in [1.54, 1.807) is 0 Å². The number of carbonyl (C=O) groups is 1. The highest BCUT2D eigenvalue weighted by atomic mass is 31.2. The van der Waals surface area contributed by atoms with E-state index in [9.17, 15) is 13.8 Å². The van der Waals surface area contributed by atoms with Gasteiger partial charge in [0, 0.05) is 13.1 Å². The fourth-order valence-corrected chi connectivity index (χ4v) is 2.12. The van der Waals surface area contributed by atoms with Gasteiger partial charge in [-0.25, -0.2) is 8.96 Å². The molecular weight excluding hydrogens is 358 g/mol. The van der Waals surface area contributed by atoms with E-state index >= 15 is 0 Å². The maximum Gasteiger partial charge on any atom is 0.524 e. The van der Waals surface area contributed by atoms with E-state index < -0.39 is 19.9 Å². The molecule has 1 amide bonds. The summed E-state index contributed by atoms with van der Waals surface area (Å²) in [5.74, 6) is -0.971. The van der Waals surface area contributed by atoms with Gasteiger partial charge in [-0.1, -0.05) is 12.1 Å². The van der Waals surface area contributed by atoms with Gasteiger partial charge in [-0.05, 0) is 17.7 Å². The number of alkyl halides is 1. The Balaban J connectivity index is 2.30. The van der Waals surface area contributed by atoms with Crippen LogP contribution in [0, 0.1) is 0 Å². The smallest absolute Gasteiger partial charge is 0.404 e. The van der Waals surface area contributed by atoms with Gasteiger partial charge in [-0.2, -0.15) is 0 Å². The van der Waals surface area contributed by atoms with Crippen molar-refractivity contribution in [2.75, 3.05) is 39.5 Å². The van der Waals surface area contributed by atoms with Crippen molar-refractivity contribution in [1.29, 1.82) is 0 Å². The van der Waals surface area contributed by atoms with E-state index in [-0.39, 0.29) is 24.5 Å². The SMILES string of the molecule is NCCOCCOCCNC(=O)C(F)c1ccc(OP(=O)(O)O)cc1.